The first-order chi connectivity index (χ1) is 14.1. The second kappa shape index (κ2) is 8.59. The van der Waals surface area contributed by atoms with Crippen molar-refractivity contribution in [3.63, 3.8) is 0 Å². The number of para-hydroxylation sites is 1. The largest absolute Gasteiger partial charge is 0.361 e. The van der Waals surface area contributed by atoms with E-state index in [4.69, 9.17) is 5.21 Å². The Morgan fingerprint density at radius 1 is 1.28 bits per heavy atom. The van der Waals surface area contributed by atoms with Crippen LogP contribution in [0.25, 0.3) is 17.0 Å². The monoisotopic (exact) mass is 393 g/mol. The van der Waals surface area contributed by atoms with Crippen molar-refractivity contribution in [2.24, 2.45) is 0 Å². The first-order valence-corrected chi connectivity index (χ1v) is 9.83. The number of hydroxylamine groups is 1. The molecule has 1 fully saturated rings. The van der Waals surface area contributed by atoms with Gasteiger partial charge in [0.25, 0.3) is 5.91 Å². The van der Waals surface area contributed by atoms with Crippen molar-refractivity contribution < 1.29 is 14.4 Å². The topological polar surface area (TPSA) is 68.4 Å². The second-order valence-corrected chi connectivity index (χ2v) is 7.49. The lowest BCUT2D eigenvalue weighted by atomic mass is 10.0. The Balaban J connectivity index is 1.45. The number of aromatic nitrogens is 1. The maximum Gasteiger partial charge on any atom is 0.267 e. The number of hydrogen-bond acceptors (Lipinski definition) is 3. The number of fused-ring (bicyclic) bond motifs is 1. The molecule has 0 bridgehead atoms. The van der Waals surface area contributed by atoms with Gasteiger partial charge >= 0.3 is 0 Å². The Morgan fingerprint density at radius 2 is 2.14 bits per heavy atom. The Morgan fingerprint density at radius 3 is 2.97 bits per heavy atom. The molecule has 1 amide bonds. The van der Waals surface area contributed by atoms with Gasteiger partial charge in [0.1, 0.15) is 5.82 Å². The molecule has 5 nitrogen and oxygen atoms in total. The minimum absolute atomic E-state index is 0.283. The number of H-pyrrole nitrogens is 1. The molecule has 1 saturated heterocycles. The first-order valence-electron chi connectivity index (χ1n) is 9.83. The van der Waals surface area contributed by atoms with Gasteiger partial charge in [-0.2, -0.15) is 0 Å². The number of benzene rings is 2. The fraction of sp³-hybridized carbons (Fsp3) is 0.261. The normalized spacial score (nSPS) is 17.4. The van der Waals surface area contributed by atoms with E-state index in [0.29, 0.717) is 23.7 Å². The van der Waals surface area contributed by atoms with Crippen LogP contribution in [0.2, 0.25) is 0 Å². The van der Waals surface area contributed by atoms with Crippen LogP contribution in [0.1, 0.15) is 29.5 Å². The molecule has 1 atom stereocenters. The van der Waals surface area contributed by atoms with E-state index in [2.05, 4.69) is 34.3 Å². The third kappa shape index (κ3) is 4.39. The van der Waals surface area contributed by atoms with Crippen molar-refractivity contribution in [1.29, 1.82) is 0 Å². The molecular formula is C23H24FN3O2. The molecular weight excluding hydrogens is 369 g/mol. The van der Waals surface area contributed by atoms with Crippen molar-refractivity contribution in [3.8, 4) is 0 Å². The molecule has 6 heteroatoms. The lowest BCUT2D eigenvalue weighted by Gasteiger charge is -2.24. The molecule has 1 aliphatic rings. The maximum absolute atomic E-state index is 14.6. The van der Waals surface area contributed by atoms with Crippen LogP contribution >= 0.6 is 0 Å². The summed E-state index contributed by atoms with van der Waals surface area (Å²) < 4.78 is 14.6. The minimum Gasteiger partial charge on any atom is -0.361 e. The van der Waals surface area contributed by atoms with Gasteiger partial charge in [-0.15, -0.1) is 0 Å². The van der Waals surface area contributed by atoms with Crippen molar-refractivity contribution in [2.45, 2.75) is 31.8 Å². The van der Waals surface area contributed by atoms with E-state index in [0.717, 1.165) is 37.4 Å². The van der Waals surface area contributed by atoms with Crippen molar-refractivity contribution in [3.05, 3.63) is 77.2 Å². The summed E-state index contributed by atoms with van der Waals surface area (Å²) in [5.74, 6) is -0.930. The van der Waals surface area contributed by atoms with Gasteiger partial charge in [-0.3, -0.25) is 14.9 Å². The molecule has 2 aromatic carbocycles. The highest BCUT2D eigenvalue weighted by Gasteiger charge is 2.26. The Labute approximate surface area is 168 Å². The summed E-state index contributed by atoms with van der Waals surface area (Å²) in [5.41, 5.74) is 5.20. The zero-order chi connectivity index (χ0) is 20.2. The van der Waals surface area contributed by atoms with Crippen molar-refractivity contribution in [1.82, 2.24) is 15.4 Å². The number of aromatic amines is 1. The van der Waals surface area contributed by atoms with Gasteiger partial charge in [0, 0.05) is 41.3 Å². The predicted molar refractivity (Wildman–Crippen MR) is 111 cm³/mol. The summed E-state index contributed by atoms with van der Waals surface area (Å²) in [7, 11) is 0. The van der Waals surface area contributed by atoms with Gasteiger partial charge in [-0.25, -0.2) is 9.87 Å². The minimum atomic E-state index is -0.647. The van der Waals surface area contributed by atoms with E-state index < -0.39 is 5.91 Å². The van der Waals surface area contributed by atoms with Gasteiger partial charge in [0.15, 0.2) is 0 Å². The number of amides is 1. The van der Waals surface area contributed by atoms with Crippen LogP contribution in [-0.2, 0) is 17.8 Å². The number of halogens is 1. The summed E-state index contributed by atoms with van der Waals surface area (Å²) >= 11 is 0. The average Bonchev–Trinajstić information content (AvgIpc) is 3.35. The fourth-order valence-electron chi connectivity index (χ4n) is 4.11. The number of nitrogens with zero attached hydrogens (tertiary/aromatic N) is 1. The maximum atomic E-state index is 14.6. The molecule has 3 N–H and O–H groups in total. The van der Waals surface area contributed by atoms with E-state index in [1.54, 1.807) is 12.1 Å². The van der Waals surface area contributed by atoms with Crippen LogP contribution in [0.4, 0.5) is 4.39 Å². The fourth-order valence-corrected chi connectivity index (χ4v) is 4.11. The van der Waals surface area contributed by atoms with E-state index in [1.807, 2.05) is 6.07 Å². The van der Waals surface area contributed by atoms with Gasteiger partial charge in [-0.1, -0.05) is 30.3 Å². The SMILES string of the molecule is O=C(/C=C/c1ccc(CN2CCC[C@@H]2Cc2c[nH]c3ccccc23)c(F)c1)NO. The smallest absolute Gasteiger partial charge is 0.267 e. The highest BCUT2D eigenvalue weighted by atomic mass is 19.1. The number of carbonyl (C=O) groups is 1. The van der Waals surface area contributed by atoms with Gasteiger partial charge in [0.05, 0.1) is 0 Å². The summed E-state index contributed by atoms with van der Waals surface area (Å²) in [5, 5.41) is 9.77. The predicted octanol–water partition coefficient (Wildman–Crippen LogP) is 4.03. The van der Waals surface area contributed by atoms with Crippen LogP contribution in [0.15, 0.2) is 54.7 Å². The molecule has 0 spiro atoms. The highest BCUT2D eigenvalue weighted by molar-refractivity contribution is 5.90. The number of nitrogens with one attached hydrogen (secondary N) is 2. The molecule has 0 radical (unpaired) electrons. The van der Waals surface area contributed by atoms with Crippen molar-refractivity contribution >= 4 is 22.9 Å². The van der Waals surface area contributed by atoms with E-state index in [-0.39, 0.29) is 5.82 Å². The Bertz CT molecular complexity index is 1040. The number of likely N-dealkylation sites (tertiary alicyclic amines) is 1. The quantitative estimate of drug-likeness (QED) is 0.336. The standard InChI is InChI=1S/C23H24FN3O2/c24-21-12-16(8-10-23(28)26-29)7-9-17(21)15-27-11-3-4-19(27)13-18-14-25-22-6-2-1-5-20(18)22/h1-2,5-10,12,14,19,25,29H,3-4,11,13,15H2,(H,26,28)/b10-8+/t19-/m1/s1. The molecule has 0 saturated carbocycles. The molecule has 2 heterocycles. The van der Waals surface area contributed by atoms with Gasteiger partial charge in [-0.05, 0) is 55.1 Å². The summed E-state index contributed by atoms with van der Waals surface area (Å²) in [4.78, 5) is 16.8. The average molecular weight is 393 g/mol. The number of rotatable bonds is 6. The van der Waals surface area contributed by atoms with E-state index in [9.17, 15) is 9.18 Å². The molecule has 3 aromatic rings. The van der Waals surface area contributed by atoms with Crippen LogP contribution in [0, 0.1) is 5.82 Å². The zero-order valence-corrected chi connectivity index (χ0v) is 16.1. The number of carbonyl (C=O) groups excluding carboxylic acids is 1. The molecule has 1 aliphatic heterocycles. The summed E-state index contributed by atoms with van der Waals surface area (Å²) in [6, 6.07) is 13.7. The van der Waals surface area contributed by atoms with Crippen LogP contribution in [0.3, 0.4) is 0 Å². The second-order valence-electron chi connectivity index (χ2n) is 7.49. The van der Waals surface area contributed by atoms with Crippen LogP contribution in [-0.4, -0.2) is 33.6 Å². The lowest BCUT2D eigenvalue weighted by Crippen LogP contribution is -2.31. The van der Waals surface area contributed by atoms with Crippen LogP contribution < -0.4 is 5.48 Å². The Kier molecular flexibility index (Phi) is 5.74. The van der Waals surface area contributed by atoms with E-state index in [1.165, 1.54) is 28.6 Å². The number of hydrogen-bond donors (Lipinski definition) is 3. The summed E-state index contributed by atoms with van der Waals surface area (Å²) in [6.45, 7) is 1.53. The van der Waals surface area contributed by atoms with Gasteiger partial charge in [0.2, 0.25) is 0 Å². The molecule has 4 rings (SSSR count). The third-order valence-corrected chi connectivity index (χ3v) is 5.62. The highest BCUT2D eigenvalue weighted by Crippen LogP contribution is 2.27. The molecule has 150 valence electrons. The molecule has 0 aliphatic carbocycles. The molecule has 0 unspecified atom stereocenters. The zero-order valence-electron chi connectivity index (χ0n) is 16.1. The third-order valence-electron chi connectivity index (χ3n) is 5.62. The molecule has 29 heavy (non-hydrogen) atoms. The lowest BCUT2D eigenvalue weighted by molar-refractivity contribution is -0.124. The van der Waals surface area contributed by atoms with Crippen molar-refractivity contribution in [2.75, 3.05) is 6.54 Å². The summed E-state index contributed by atoms with van der Waals surface area (Å²) in [6.07, 6.45) is 7.89. The Hall–Kier alpha value is -2.96. The van der Waals surface area contributed by atoms with Gasteiger partial charge < -0.3 is 4.98 Å². The first kappa shape index (κ1) is 19.4. The van der Waals surface area contributed by atoms with E-state index >= 15 is 0 Å². The molecule has 1 aromatic heterocycles. The van der Waals surface area contributed by atoms with Crippen LogP contribution in [0.5, 0.6) is 0 Å².